The number of rotatable bonds is 2. The maximum absolute atomic E-state index is 12.1. The summed E-state index contributed by atoms with van der Waals surface area (Å²) < 4.78 is 4.98. The Morgan fingerprint density at radius 3 is 2.73 bits per heavy atom. The molecule has 3 unspecified atom stereocenters. The maximum Gasteiger partial charge on any atom is 0.334 e. The van der Waals surface area contributed by atoms with Gasteiger partial charge in [0.25, 0.3) is 0 Å². The number of benzene rings is 1. The molecule has 1 aromatic heterocycles. The standard InChI is InChI=1S/C19H17NO2/c1-22-19(21)18-10-16-13-6-2-3-7-14(13)17(18)9-15(16)12-5-4-8-20-11-12/h2-8,10-11,15-17H,9H2,1H3. The van der Waals surface area contributed by atoms with E-state index in [1.165, 1.54) is 23.8 Å². The Balaban J connectivity index is 1.84. The Bertz CT molecular complexity index is 751. The molecule has 3 nitrogen and oxygen atoms in total. The second kappa shape index (κ2) is 5.09. The van der Waals surface area contributed by atoms with E-state index in [0.717, 1.165) is 12.0 Å². The number of ether oxygens (including phenoxy) is 1. The van der Waals surface area contributed by atoms with Crippen LogP contribution in [0.5, 0.6) is 0 Å². The summed E-state index contributed by atoms with van der Waals surface area (Å²) in [5, 5.41) is 0. The molecule has 0 spiro atoms. The maximum atomic E-state index is 12.1. The largest absolute Gasteiger partial charge is 0.466 e. The molecule has 0 radical (unpaired) electrons. The Morgan fingerprint density at radius 2 is 2.00 bits per heavy atom. The van der Waals surface area contributed by atoms with Gasteiger partial charge < -0.3 is 4.74 Å². The summed E-state index contributed by atoms with van der Waals surface area (Å²) >= 11 is 0. The van der Waals surface area contributed by atoms with E-state index >= 15 is 0 Å². The third-order valence-electron chi connectivity index (χ3n) is 4.92. The van der Waals surface area contributed by atoms with E-state index in [0.29, 0.717) is 5.92 Å². The van der Waals surface area contributed by atoms with Crippen LogP contribution in [0.2, 0.25) is 0 Å². The molecule has 0 saturated heterocycles. The van der Waals surface area contributed by atoms with Crippen molar-refractivity contribution >= 4 is 5.97 Å². The van der Waals surface area contributed by atoms with Crippen molar-refractivity contribution in [1.29, 1.82) is 0 Å². The van der Waals surface area contributed by atoms with Crippen LogP contribution in [-0.4, -0.2) is 18.1 Å². The van der Waals surface area contributed by atoms with Crippen molar-refractivity contribution in [3.63, 3.8) is 0 Å². The Kier molecular flexibility index (Phi) is 3.07. The number of nitrogens with zero attached hydrogens (tertiary/aromatic N) is 1. The molecule has 0 amide bonds. The predicted molar refractivity (Wildman–Crippen MR) is 83.6 cm³/mol. The summed E-state index contributed by atoms with van der Waals surface area (Å²) in [4.78, 5) is 16.4. The first-order valence-electron chi connectivity index (χ1n) is 7.58. The minimum absolute atomic E-state index is 0.124. The Morgan fingerprint density at radius 1 is 1.18 bits per heavy atom. The first-order chi connectivity index (χ1) is 10.8. The molecule has 3 heteroatoms. The van der Waals surface area contributed by atoms with Crippen LogP contribution in [-0.2, 0) is 9.53 Å². The fourth-order valence-electron chi connectivity index (χ4n) is 3.95. The molecule has 3 aliphatic carbocycles. The van der Waals surface area contributed by atoms with Crippen LogP contribution in [0, 0.1) is 0 Å². The van der Waals surface area contributed by atoms with Crippen LogP contribution < -0.4 is 0 Å². The van der Waals surface area contributed by atoms with Crippen LogP contribution >= 0.6 is 0 Å². The molecule has 5 rings (SSSR count). The first-order valence-corrected chi connectivity index (χ1v) is 7.58. The number of methoxy groups -OCH3 is 1. The summed E-state index contributed by atoms with van der Waals surface area (Å²) in [7, 11) is 1.45. The van der Waals surface area contributed by atoms with Crippen molar-refractivity contribution in [2.24, 2.45) is 0 Å². The number of hydrogen-bond donors (Lipinski definition) is 0. The zero-order valence-electron chi connectivity index (χ0n) is 12.4. The van der Waals surface area contributed by atoms with E-state index in [9.17, 15) is 4.79 Å². The summed E-state index contributed by atoms with van der Waals surface area (Å²) in [5.74, 6) is 0.523. The number of carbonyl (C=O) groups excluding carboxylic acids is 1. The Labute approximate surface area is 129 Å². The fraction of sp³-hybridized carbons (Fsp3) is 0.263. The summed E-state index contributed by atoms with van der Waals surface area (Å²) in [6, 6.07) is 12.6. The van der Waals surface area contributed by atoms with Crippen molar-refractivity contribution in [3.05, 3.63) is 77.1 Å². The molecule has 3 aliphatic rings. The molecule has 1 heterocycles. The number of fused-ring (bicyclic) bond motifs is 1. The van der Waals surface area contributed by atoms with Gasteiger partial charge in [-0.15, -0.1) is 0 Å². The first kappa shape index (κ1) is 13.3. The second-order valence-corrected chi connectivity index (χ2v) is 5.95. The molecule has 0 aliphatic heterocycles. The number of allylic oxidation sites excluding steroid dienone is 1. The van der Waals surface area contributed by atoms with Crippen molar-refractivity contribution < 1.29 is 9.53 Å². The zero-order valence-corrected chi connectivity index (χ0v) is 12.4. The van der Waals surface area contributed by atoms with Crippen molar-refractivity contribution in [3.8, 4) is 0 Å². The van der Waals surface area contributed by atoms with Gasteiger partial charge in [-0.2, -0.15) is 0 Å². The van der Waals surface area contributed by atoms with Gasteiger partial charge in [0.15, 0.2) is 0 Å². The Hall–Kier alpha value is -2.42. The van der Waals surface area contributed by atoms with Crippen molar-refractivity contribution in [1.82, 2.24) is 4.98 Å². The molecule has 2 bridgehead atoms. The van der Waals surface area contributed by atoms with Crippen LogP contribution in [0.3, 0.4) is 0 Å². The highest BCUT2D eigenvalue weighted by Crippen LogP contribution is 2.55. The molecular formula is C19H17NO2. The molecule has 22 heavy (non-hydrogen) atoms. The van der Waals surface area contributed by atoms with Gasteiger partial charge >= 0.3 is 5.97 Å². The van der Waals surface area contributed by atoms with E-state index in [1.807, 2.05) is 18.3 Å². The van der Waals surface area contributed by atoms with Gasteiger partial charge in [-0.1, -0.05) is 36.4 Å². The molecule has 0 saturated carbocycles. The monoisotopic (exact) mass is 291 g/mol. The average Bonchev–Trinajstić information content (AvgIpc) is 2.62. The molecule has 0 fully saturated rings. The van der Waals surface area contributed by atoms with Gasteiger partial charge in [-0.25, -0.2) is 4.79 Å². The number of pyridine rings is 1. The molecule has 110 valence electrons. The fourth-order valence-corrected chi connectivity index (χ4v) is 3.95. The van der Waals surface area contributed by atoms with Gasteiger partial charge in [0, 0.05) is 29.8 Å². The number of carbonyl (C=O) groups is 1. The third kappa shape index (κ3) is 1.89. The number of aromatic nitrogens is 1. The highest BCUT2D eigenvalue weighted by Gasteiger charge is 2.43. The smallest absolute Gasteiger partial charge is 0.334 e. The summed E-state index contributed by atoms with van der Waals surface area (Å²) in [6.45, 7) is 0. The van der Waals surface area contributed by atoms with E-state index < -0.39 is 0 Å². The minimum Gasteiger partial charge on any atom is -0.466 e. The van der Waals surface area contributed by atoms with Crippen LogP contribution in [0.1, 0.15) is 40.9 Å². The van der Waals surface area contributed by atoms with Gasteiger partial charge in [-0.05, 0) is 35.1 Å². The SMILES string of the molecule is COC(=O)C1=CC2c3ccccc3C1CC2c1cccnc1. The molecule has 2 aromatic rings. The lowest BCUT2D eigenvalue weighted by molar-refractivity contribution is -0.136. The topological polar surface area (TPSA) is 39.2 Å². The lowest BCUT2D eigenvalue weighted by Gasteiger charge is -2.42. The lowest BCUT2D eigenvalue weighted by Crippen LogP contribution is -2.31. The highest BCUT2D eigenvalue weighted by molar-refractivity contribution is 5.91. The van der Waals surface area contributed by atoms with Crippen molar-refractivity contribution in [2.45, 2.75) is 24.2 Å². The summed E-state index contributed by atoms with van der Waals surface area (Å²) in [5.41, 5.74) is 4.66. The van der Waals surface area contributed by atoms with E-state index in [1.54, 1.807) is 6.20 Å². The van der Waals surface area contributed by atoms with E-state index in [4.69, 9.17) is 4.74 Å². The van der Waals surface area contributed by atoms with Crippen LogP contribution in [0.4, 0.5) is 0 Å². The van der Waals surface area contributed by atoms with Crippen LogP contribution in [0.25, 0.3) is 0 Å². The van der Waals surface area contributed by atoms with Gasteiger partial charge in [0.2, 0.25) is 0 Å². The third-order valence-corrected chi connectivity index (χ3v) is 4.92. The zero-order chi connectivity index (χ0) is 15.1. The van der Waals surface area contributed by atoms with E-state index in [2.05, 4.69) is 35.3 Å². The minimum atomic E-state index is -0.200. The van der Waals surface area contributed by atoms with Gasteiger partial charge in [0.1, 0.15) is 0 Å². The van der Waals surface area contributed by atoms with E-state index in [-0.39, 0.29) is 17.8 Å². The number of esters is 1. The average molecular weight is 291 g/mol. The van der Waals surface area contributed by atoms with Crippen LogP contribution in [0.15, 0.2) is 60.4 Å². The normalized spacial score (nSPS) is 25.3. The molecule has 0 N–H and O–H groups in total. The van der Waals surface area contributed by atoms with Gasteiger partial charge in [-0.3, -0.25) is 4.98 Å². The molecular weight excluding hydrogens is 274 g/mol. The molecule has 3 atom stereocenters. The predicted octanol–water partition coefficient (Wildman–Crippen LogP) is 3.55. The summed E-state index contributed by atoms with van der Waals surface area (Å²) in [6.07, 6.45) is 6.79. The lowest BCUT2D eigenvalue weighted by atomic mass is 9.61. The number of hydrogen-bond acceptors (Lipinski definition) is 3. The quantitative estimate of drug-likeness (QED) is 0.794. The van der Waals surface area contributed by atoms with Crippen molar-refractivity contribution in [2.75, 3.05) is 7.11 Å². The van der Waals surface area contributed by atoms with Gasteiger partial charge in [0.05, 0.1) is 7.11 Å². The molecule has 1 aromatic carbocycles. The highest BCUT2D eigenvalue weighted by atomic mass is 16.5. The second-order valence-electron chi connectivity index (χ2n) is 5.95.